The van der Waals surface area contributed by atoms with E-state index in [1.165, 1.54) is 19.3 Å². The smallest absolute Gasteiger partial charge is 0.223 e. The molecule has 3 N–H and O–H groups in total. The van der Waals surface area contributed by atoms with Gasteiger partial charge in [0.05, 0.1) is 0 Å². The molecule has 0 saturated heterocycles. The molecule has 2 rings (SSSR count). The van der Waals surface area contributed by atoms with E-state index in [0.717, 1.165) is 45.3 Å². The lowest BCUT2D eigenvalue weighted by Crippen LogP contribution is -2.48. The second-order valence-electron chi connectivity index (χ2n) is 7.18. The van der Waals surface area contributed by atoms with Gasteiger partial charge in [0.1, 0.15) is 0 Å². The van der Waals surface area contributed by atoms with Crippen molar-refractivity contribution in [1.82, 2.24) is 10.2 Å². The van der Waals surface area contributed by atoms with Crippen molar-refractivity contribution < 1.29 is 4.79 Å². The molecule has 22 heavy (non-hydrogen) atoms. The first-order chi connectivity index (χ1) is 10.7. The summed E-state index contributed by atoms with van der Waals surface area (Å²) in [7, 11) is 0. The van der Waals surface area contributed by atoms with Crippen LogP contribution in [0.3, 0.4) is 0 Å². The second-order valence-corrected chi connectivity index (χ2v) is 7.18. The number of rotatable bonds is 7. The van der Waals surface area contributed by atoms with Crippen LogP contribution in [0.25, 0.3) is 0 Å². The summed E-state index contributed by atoms with van der Waals surface area (Å²) < 4.78 is 0. The standard InChI is InChI=1S/C18H35N3O/c1-3-21(4-2)13-15-8-5-6-11-17(15)20-18(22)16-10-7-9-14(16)12-19/h14-17H,3-13,19H2,1-2H3,(H,20,22)/t14-,15?,16-,17?/m1/s1. The van der Waals surface area contributed by atoms with E-state index in [4.69, 9.17) is 5.73 Å². The van der Waals surface area contributed by atoms with Gasteiger partial charge >= 0.3 is 0 Å². The summed E-state index contributed by atoms with van der Waals surface area (Å²) >= 11 is 0. The van der Waals surface area contributed by atoms with Gasteiger partial charge in [0.2, 0.25) is 5.91 Å². The highest BCUT2D eigenvalue weighted by Crippen LogP contribution is 2.32. The molecule has 2 unspecified atom stereocenters. The zero-order chi connectivity index (χ0) is 15.9. The molecule has 0 aromatic heterocycles. The van der Waals surface area contributed by atoms with Crippen LogP contribution in [0.1, 0.15) is 58.8 Å². The van der Waals surface area contributed by atoms with Gasteiger partial charge in [0.15, 0.2) is 0 Å². The Morgan fingerprint density at radius 3 is 2.41 bits per heavy atom. The molecule has 0 spiro atoms. The summed E-state index contributed by atoms with van der Waals surface area (Å²) in [6.45, 7) is 8.44. The molecule has 4 heteroatoms. The van der Waals surface area contributed by atoms with Gasteiger partial charge in [-0.15, -0.1) is 0 Å². The SMILES string of the molecule is CCN(CC)CC1CCCCC1NC(=O)[C@@H]1CCC[C@@H]1CN. The van der Waals surface area contributed by atoms with Crippen molar-refractivity contribution in [3.8, 4) is 0 Å². The first-order valence-corrected chi connectivity index (χ1v) is 9.42. The summed E-state index contributed by atoms with van der Waals surface area (Å²) in [6, 6.07) is 0.376. The number of carbonyl (C=O) groups is 1. The number of amides is 1. The monoisotopic (exact) mass is 309 g/mol. The van der Waals surface area contributed by atoms with E-state index in [-0.39, 0.29) is 11.8 Å². The Morgan fingerprint density at radius 2 is 1.73 bits per heavy atom. The summed E-state index contributed by atoms with van der Waals surface area (Å²) in [5.41, 5.74) is 5.84. The van der Waals surface area contributed by atoms with Gasteiger partial charge in [-0.1, -0.05) is 33.1 Å². The Hall–Kier alpha value is -0.610. The second kappa shape index (κ2) is 8.88. The van der Waals surface area contributed by atoms with E-state index < -0.39 is 0 Å². The molecule has 2 aliphatic carbocycles. The van der Waals surface area contributed by atoms with Crippen LogP contribution in [0.5, 0.6) is 0 Å². The normalized spacial score (nSPS) is 32.4. The summed E-state index contributed by atoms with van der Waals surface area (Å²) in [5.74, 6) is 1.48. The summed E-state index contributed by atoms with van der Waals surface area (Å²) in [4.78, 5) is 15.2. The van der Waals surface area contributed by atoms with Crippen molar-refractivity contribution in [2.45, 2.75) is 64.8 Å². The average Bonchev–Trinajstić information content (AvgIpc) is 3.02. The minimum Gasteiger partial charge on any atom is -0.353 e. The molecular formula is C18H35N3O. The fourth-order valence-corrected chi connectivity index (χ4v) is 4.38. The first kappa shape index (κ1) is 17.7. The van der Waals surface area contributed by atoms with Crippen molar-refractivity contribution in [2.24, 2.45) is 23.5 Å². The third-order valence-electron chi connectivity index (χ3n) is 5.92. The molecule has 0 aliphatic heterocycles. The van der Waals surface area contributed by atoms with Crippen LogP contribution in [0, 0.1) is 17.8 Å². The zero-order valence-corrected chi connectivity index (χ0v) is 14.5. The third-order valence-corrected chi connectivity index (χ3v) is 5.92. The topological polar surface area (TPSA) is 58.4 Å². The molecule has 2 aliphatic rings. The fourth-order valence-electron chi connectivity index (χ4n) is 4.38. The van der Waals surface area contributed by atoms with E-state index in [0.29, 0.717) is 24.4 Å². The number of nitrogens with one attached hydrogen (secondary N) is 1. The Bertz CT molecular complexity index is 343. The molecule has 0 aromatic rings. The van der Waals surface area contributed by atoms with E-state index in [1.54, 1.807) is 0 Å². The number of hydrogen-bond acceptors (Lipinski definition) is 3. The van der Waals surface area contributed by atoms with E-state index in [1.807, 2.05) is 0 Å². The van der Waals surface area contributed by atoms with Crippen LogP contribution >= 0.6 is 0 Å². The highest BCUT2D eigenvalue weighted by molar-refractivity contribution is 5.79. The molecule has 4 nitrogen and oxygen atoms in total. The first-order valence-electron chi connectivity index (χ1n) is 9.42. The molecule has 4 atom stereocenters. The lowest BCUT2D eigenvalue weighted by molar-refractivity contribution is -0.127. The molecule has 128 valence electrons. The highest BCUT2D eigenvalue weighted by Gasteiger charge is 2.35. The van der Waals surface area contributed by atoms with Gasteiger partial charge in [-0.05, 0) is 57.2 Å². The van der Waals surface area contributed by atoms with Gasteiger partial charge in [0, 0.05) is 18.5 Å². The van der Waals surface area contributed by atoms with Crippen LogP contribution < -0.4 is 11.1 Å². The Kier molecular flexibility index (Phi) is 7.16. The van der Waals surface area contributed by atoms with Crippen molar-refractivity contribution >= 4 is 5.91 Å². The molecule has 2 fully saturated rings. The van der Waals surface area contributed by atoms with Crippen molar-refractivity contribution in [3.05, 3.63) is 0 Å². The molecule has 2 saturated carbocycles. The van der Waals surface area contributed by atoms with Crippen LogP contribution in [-0.2, 0) is 4.79 Å². The van der Waals surface area contributed by atoms with E-state index >= 15 is 0 Å². The molecule has 0 aromatic carbocycles. The minimum absolute atomic E-state index is 0.168. The molecule has 0 heterocycles. The van der Waals surface area contributed by atoms with Crippen molar-refractivity contribution in [1.29, 1.82) is 0 Å². The third kappa shape index (κ3) is 4.45. The van der Waals surface area contributed by atoms with Gasteiger partial charge in [-0.25, -0.2) is 0 Å². The fraction of sp³-hybridized carbons (Fsp3) is 0.944. The lowest BCUT2D eigenvalue weighted by atomic mass is 9.83. The van der Waals surface area contributed by atoms with Gasteiger partial charge < -0.3 is 16.0 Å². The predicted molar refractivity (Wildman–Crippen MR) is 91.6 cm³/mol. The minimum atomic E-state index is 0.168. The van der Waals surface area contributed by atoms with Crippen LogP contribution in [0.4, 0.5) is 0 Å². The van der Waals surface area contributed by atoms with Gasteiger partial charge in [-0.3, -0.25) is 4.79 Å². The Morgan fingerprint density at radius 1 is 1.05 bits per heavy atom. The average molecular weight is 309 g/mol. The molecule has 1 amide bonds. The zero-order valence-electron chi connectivity index (χ0n) is 14.5. The van der Waals surface area contributed by atoms with E-state index in [2.05, 4.69) is 24.1 Å². The van der Waals surface area contributed by atoms with Gasteiger partial charge in [0.25, 0.3) is 0 Å². The molecule has 0 bridgehead atoms. The van der Waals surface area contributed by atoms with Crippen LogP contribution in [-0.4, -0.2) is 43.0 Å². The molecule has 0 radical (unpaired) electrons. The maximum absolute atomic E-state index is 12.7. The Labute approximate surface area is 136 Å². The predicted octanol–water partition coefficient (Wildman–Crippen LogP) is 2.38. The van der Waals surface area contributed by atoms with E-state index in [9.17, 15) is 4.79 Å². The summed E-state index contributed by atoms with van der Waals surface area (Å²) in [6.07, 6.45) is 8.29. The highest BCUT2D eigenvalue weighted by atomic mass is 16.2. The maximum atomic E-state index is 12.7. The van der Waals surface area contributed by atoms with Gasteiger partial charge in [-0.2, -0.15) is 0 Å². The number of nitrogens with two attached hydrogens (primary N) is 1. The van der Waals surface area contributed by atoms with Crippen molar-refractivity contribution in [2.75, 3.05) is 26.2 Å². The van der Waals surface area contributed by atoms with Crippen LogP contribution in [0.2, 0.25) is 0 Å². The number of hydrogen-bond donors (Lipinski definition) is 2. The van der Waals surface area contributed by atoms with Crippen molar-refractivity contribution in [3.63, 3.8) is 0 Å². The quantitative estimate of drug-likeness (QED) is 0.759. The number of carbonyl (C=O) groups excluding carboxylic acids is 1. The lowest BCUT2D eigenvalue weighted by Gasteiger charge is -2.36. The maximum Gasteiger partial charge on any atom is 0.223 e. The molecular weight excluding hydrogens is 274 g/mol. The Balaban J connectivity index is 1.91. The summed E-state index contributed by atoms with van der Waals surface area (Å²) in [5, 5.41) is 3.41. The van der Waals surface area contributed by atoms with Crippen LogP contribution in [0.15, 0.2) is 0 Å². The largest absolute Gasteiger partial charge is 0.353 e. The number of nitrogens with zero attached hydrogens (tertiary/aromatic N) is 1.